The van der Waals surface area contributed by atoms with Crippen LogP contribution < -0.4 is 10.1 Å². The molecule has 1 fully saturated rings. The third kappa shape index (κ3) is 4.92. The van der Waals surface area contributed by atoms with Crippen LogP contribution in [0.2, 0.25) is 0 Å². The summed E-state index contributed by atoms with van der Waals surface area (Å²) in [5, 5.41) is 21.0. The summed E-state index contributed by atoms with van der Waals surface area (Å²) in [7, 11) is 0. The lowest BCUT2D eigenvalue weighted by atomic mass is 10.1. The Labute approximate surface area is 164 Å². The minimum Gasteiger partial charge on any atom is -0.465 e. The zero-order valence-corrected chi connectivity index (χ0v) is 15.1. The quantitative estimate of drug-likeness (QED) is 0.722. The maximum absolute atomic E-state index is 12.9. The number of nitrogens with one attached hydrogen (secondary N) is 1. The highest BCUT2D eigenvalue weighted by Gasteiger charge is 2.37. The zero-order chi connectivity index (χ0) is 21.0. The minimum absolute atomic E-state index is 0.000828. The first-order valence-electron chi connectivity index (χ1n) is 8.65. The number of piperazine rings is 1. The van der Waals surface area contributed by atoms with Gasteiger partial charge in [0.2, 0.25) is 5.91 Å². The van der Waals surface area contributed by atoms with Crippen molar-refractivity contribution >= 4 is 23.8 Å². The highest BCUT2D eigenvalue weighted by molar-refractivity contribution is 5.97. The molecule has 1 atom stereocenters. The SMILES string of the molecule is O=C(Nc1ccc(Oc2ccc(F)cc2)cc1)C1CN(C(=O)O)CCN1C(=O)O. The maximum Gasteiger partial charge on any atom is 0.408 e. The fourth-order valence-corrected chi connectivity index (χ4v) is 2.88. The molecule has 9 nitrogen and oxygen atoms in total. The van der Waals surface area contributed by atoms with Crippen LogP contribution in [0.4, 0.5) is 19.7 Å². The third-order valence-corrected chi connectivity index (χ3v) is 4.37. The van der Waals surface area contributed by atoms with E-state index in [1.54, 1.807) is 24.3 Å². The molecule has 1 saturated heterocycles. The Kier molecular flexibility index (Phi) is 5.82. The van der Waals surface area contributed by atoms with Crippen molar-refractivity contribution in [3.05, 3.63) is 54.3 Å². The Morgan fingerprint density at radius 2 is 1.52 bits per heavy atom. The van der Waals surface area contributed by atoms with Gasteiger partial charge in [0.25, 0.3) is 0 Å². The Balaban J connectivity index is 1.66. The molecule has 3 N–H and O–H groups in total. The number of carbonyl (C=O) groups excluding carboxylic acids is 1. The van der Waals surface area contributed by atoms with Gasteiger partial charge in [0, 0.05) is 18.8 Å². The number of ether oxygens (including phenoxy) is 1. The Bertz CT molecular complexity index is 903. The number of rotatable bonds is 4. The van der Waals surface area contributed by atoms with Crippen LogP contribution in [0.5, 0.6) is 11.5 Å². The number of carboxylic acid groups (broad SMARTS) is 2. The van der Waals surface area contributed by atoms with E-state index in [0.29, 0.717) is 17.2 Å². The second kappa shape index (κ2) is 8.46. The van der Waals surface area contributed by atoms with Gasteiger partial charge in [0.15, 0.2) is 0 Å². The number of benzene rings is 2. The molecule has 0 radical (unpaired) electrons. The molecule has 2 aromatic rings. The Morgan fingerprint density at radius 1 is 0.931 bits per heavy atom. The van der Waals surface area contributed by atoms with Crippen LogP contribution in [0.3, 0.4) is 0 Å². The van der Waals surface area contributed by atoms with E-state index >= 15 is 0 Å². The molecule has 0 aromatic heterocycles. The van der Waals surface area contributed by atoms with E-state index in [9.17, 15) is 23.9 Å². The average Bonchev–Trinajstić information content (AvgIpc) is 2.70. The van der Waals surface area contributed by atoms with Gasteiger partial charge >= 0.3 is 12.2 Å². The normalized spacial score (nSPS) is 16.2. The number of amides is 3. The molecule has 3 rings (SSSR count). The number of nitrogens with zero attached hydrogens (tertiary/aromatic N) is 2. The molecule has 0 bridgehead atoms. The highest BCUT2D eigenvalue weighted by atomic mass is 19.1. The van der Waals surface area contributed by atoms with Crippen LogP contribution in [0, 0.1) is 5.82 Å². The lowest BCUT2D eigenvalue weighted by molar-refractivity contribution is -0.122. The van der Waals surface area contributed by atoms with Gasteiger partial charge in [0.05, 0.1) is 6.54 Å². The van der Waals surface area contributed by atoms with Crippen molar-refractivity contribution in [1.29, 1.82) is 0 Å². The van der Waals surface area contributed by atoms with E-state index < -0.39 is 24.1 Å². The molecule has 0 aliphatic carbocycles. The number of carbonyl (C=O) groups is 3. The topological polar surface area (TPSA) is 119 Å². The molecule has 10 heteroatoms. The van der Waals surface area contributed by atoms with Crippen LogP contribution in [0.1, 0.15) is 0 Å². The number of hydrogen-bond acceptors (Lipinski definition) is 4. The average molecular weight is 403 g/mol. The molecular formula is C19H18FN3O6. The summed E-state index contributed by atoms with van der Waals surface area (Å²) in [6.45, 7) is -0.343. The summed E-state index contributed by atoms with van der Waals surface area (Å²) in [6, 6.07) is 10.6. The first-order valence-corrected chi connectivity index (χ1v) is 8.65. The fourth-order valence-electron chi connectivity index (χ4n) is 2.88. The van der Waals surface area contributed by atoms with Crippen molar-refractivity contribution in [2.75, 3.05) is 25.0 Å². The molecule has 0 saturated carbocycles. The number of halogens is 1. The van der Waals surface area contributed by atoms with Crippen LogP contribution in [-0.4, -0.2) is 63.8 Å². The molecule has 152 valence electrons. The monoisotopic (exact) mass is 403 g/mol. The second-order valence-electron chi connectivity index (χ2n) is 6.29. The summed E-state index contributed by atoms with van der Waals surface area (Å²) in [6.07, 6.45) is -2.51. The zero-order valence-electron chi connectivity index (χ0n) is 15.1. The van der Waals surface area contributed by atoms with Gasteiger partial charge in [-0.15, -0.1) is 0 Å². The summed E-state index contributed by atoms with van der Waals surface area (Å²) in [4.78, 5) is 37.0. The van der Waals surface area contributed by atoms with Crippen LogP contribution in [-0.2, 0) is 4.79 Å². The lowest BCUT2D eigenvalue weighted by Gasteiger charge is -2.37. The second-order valence-corrected chi connectivity index (χ2v) is 6.29. The van der Waals surface area contributed by atoms with Gasteiger partial charge in [-0.05, 0) is 48.5 Å². The molecule has 1 heterocycles. The van der Waals surface area contributed by atoms with Gasteiger partial charge in [-0.1, -0.05) is 0 Å². The number of hydrogen-bond donors (Lipinski definition) is 3. The van der Waals surface area contributed by atoms with Crippen LogP contribution >= 0.6 is 0 Å². The smallest absolute Gasteiger partial charge is 0.408 e. The standard InChI is InChI=1S/C19H18FN3O6/c20-12-1-5-14(6-2-12)29-15-7-3-13(4-8-15)21-17(24)16-11-22(18(25)26)9-10-23(16)19(27)28/h1-8,16H,9-11H2,(H,21,24)(H,25,26)(H,27,28). The van der Waals surface area contributed by atoms with E-state index in [1.165, 1.54) is 24.3 Å². The Hall–Kier alpha value is -3.82. The van der Waals surface area contributed by atoms with Crippen molar-refractivity contribution in [3.63, 3.8) is 0 Å². The van der Waals surface area contributed by atoms with Gasteiger partial charge in [-0.25, -0.2) is 14.0 Å². The van der Waals surface area contributed by atoms with Crippen molar-refractivity contribution in [2.24, 2.45) is 0 Å². The van der Waals surface area contributed by atoms with E-state index in [2.05, 4.69) is 5.32 Å². The molecular weight excluding hydrogens is 385 g/mol. The lowest BCUT2D eigenvalue weighted by Crippen LogP contribution is -2.60. The fraction of sp³-hybridized carbons (Fsp3) is 0.211. The predicted octanol–water partition coefficient (Wildman–Crippen LogP) is 2.90. The van der Waals surface area contributed by atoms with E-state index in [4.69, 9.17) is 9.84 Å². The van der Waals surface area contributed by atoms with E-state index in [1.807, 2.05) is 0 Å². The van der Waals surface area contributed by atoms with Crippen LogP contribution in [0.25, 0.3) is 0 Å². The molecule has 0 spiro atoms. The summed E-state index contributed by atoms with van der Waals surface area (Å²) in [5.74, 6) is -0.117. The first-order chi connectivity index (χ1) is 13.8. The van der Waals surface area contributed by atoms with Gasteiger partial charge in [-0.3, -0.25) is 9.69 Å². The summed E-state index contributed by atoms with van der Waals surface area (Å²) < 4.78 is 18.5. The van der Waals surface area contributed by atoms with Crippen LogP contribution in [0.15, 0.2) is 48.5 Å². The van der Waals surface area contributed by atoms with Gasteiger partial charge < -0.3 is 25.2 Å². The minimum atomic E-state index is -1.29. The molecule has 3 amide bonds. The molecule has 1 aliphatic rings. The third-order valence-electron chi connectivity index (χ3n) is 4.37. The molecule has 2 aromatic carbocycles. The van der Waals surface area contributed by atoms with Gasteiger partial charge in [-0.2, -0.15) is 0 Å². The van der Waals surface area contributed by atoms with Crippen molar-refractivity contribution in [3.8, 4) is 11.5 Å². The molecule has 1 unspecified atom stereocenters. The first kappa shape index (κ1) is 19.9. The van der Waals surface area contributed by atoms with E-state index in [0.717, 1.165) is 9.80 Å². The maximum atomic E-state index is 12.9. The predicted molar refractivity (Wildman–Crippen MR) is 99.7 cm³/mol. The highest BCUT2D eigenvalue weighted by Crippen LogP contribution is 2.23. The molecule has 29 heavy (non-hydrogen) atoms. The largest absolute Gasteiger partial charge is 0.465 e. The molecule has 1 aliphatic heterocycles. The van der Waals surface area contributed by atoms with Gasteiger partial charge in [0.1, 0.15) is 23.4 Å². The van der Waals surface area contributed by atoms with Crippen molar-refractivity contribution in [1.82, 2.24) is 9.80 Å². The van der Waals surface area contributed by atoms with Crippen molar-refractivity contribution < 1.29 is 33.7 Å². The number of anilines is 1. The van der Waals surface area contributed by atoms with E-state index in [-0.39, 0.29) is 25.5 Å². The Morgan fingerprint density at radius 3 is 2.07 bits per heavy atom. The summed E-state index contributed by atoms with van der Waals surface area (Å²) >= 11 is 0. The van der Waals surface area contributed by atoms with Crippen molar-refractivity contribution in [2.45, 2.75) is 6.04 Å². The summed E-state index contributed by atoms with van der Waals surface area (Å²) in [5.41, 5.74) is 0.388.